The van der Waals surface area contributed by atoms with Gasteiger partial charge >= 0.3 is 0 Å². The predicted octanol–water partition coefficient (Wildman–Crippen LogP) is 17.2. The first-order valence-electron chi connectivity index (χ1n) is 20.1. The molecule has 2 heterocycles. The molecule has 0 radical (unpaired) electrons. The quantitative estimate of drug-likeness (QED) is 0.152. The van der Waals surface area contributed by atoms with Crippen LogP contribution in [0.3, 0.4) is 0 Å². The van der Waals surface area contributed by atoms with Crippen LogP contribution in [0.4, 0.5) is 17.1 Å². The SMILES string of the molecule is c1ccc(-c2cc(N(c3ccc(-c4ccc5c(ccc6ccccc65)c4)cc3)c3ccc(-c4ccccc4)c4sc5ccccc5c34)c3c(c2)sc2ccccc23)cc1. The average molecular weight is 786 g/mol. The molecule has 0 saturated heterocycles. The van der Waals surface area contributed by atoms with Gasteiger partial charge in [0.2, 0.25) is 0 Å². The number of nitrogens with zero attached hydrogens (tertiary/aromatic N) is 1. The van der Waals surface area contributed by atoms with E-state index in [0.29, 0.717) is 0 Å². The van der Waals surface area contributed by atoms with Crippen LogP contribution in [0.1, 0.15) is 0 Å². The molecule has 0 spiro atoms. The largest absolute Gasteiger partial charge is 0.309 e. The van der Waals surface area contributed by atoms with Crippen LogP contribution in [0.25, 0.3) is 95.3 Å². The molecule has 3 heteroatoms. The first kappa shape index (κ1) is 34.0. The van der Waals surface area contributed by atoms with E-state index in [9.17, 15) is 0 Å². The van der Waals surface area contributed by atoms with Crippen molar-refractivity contribution in [1.82, 2.24) is 0 Å². The van der Waals surface area contributed by atoms with Crippen molar-refractivity contribution >= 4 is 102 Å². The zero-order chi connectivity index (χ0) is 38.9. The molecule has 12 rings (SSSR count). The Kier molecular flexibility index (Phi) is 7.97. The van der Waals surface area contributed by atoms with Crippen LogP contribution in [0.2, 0.25) is 0 Å². The van der Waals surface area contributed by atoms with Gasteiger partial charge in [-0.05, 0) is 103 Å². The number of hydrogen-bond donors (Lipinski definition) is 0. The Hall–Kier alpha value is -7.04. The maximum Gasteiger partial charge on any atom is 0.0561 e. The molecular weight excluding hydrogens is 751 g/mol. The molecule has 0 aliphatic heterocycles. The van der Waals surface area contributed by atoms with Crippen molar-refractivity contribution in [3.8, 4) is 33.4 Å². The van der Waals surface area contributed by atoms with Gasteiger partial charge in [-0.15, -0.1) is 22.7 Å². The minimum absolute atomic E-state index is 1.12. The second-order valence-corrected chi connectivity index (χ2v) is 17.4. The van der Waals surface area contributed by atoms with Crippen molar-refractivity contribution in [2.75, 3.05) is 4.90 Å². The minimum atomic E-state index is 1.12. The summed E-state index contributed by atoms with van der Waals surface area (Å²) in [7, 11) is 0. The Labute approximate surface area is 350 Å². The highest BCUT2D eigenvalue weighted by atomic mass is 32.1. The van der Waals surface area contributed by atoms with E-state index >= 15 is 0 Å². The van der Waals surface area contributed by atoms with Crippen molar-refractivity contribution in [1.29, 1.82) is 0 Å². The lowest BCUT2D eigenvalue weighted by Crippen LogP contribution is -2.11. The van der Waals surface area contributed by atoms with Gasteiger partial charge in [0.1, 0.15) is 0 Å². The van der Waals surface area contributed by atoms with E-state index < -0.39 is 0 Å². The van der Waals surface area contributed by atoms with Gasteiger partial charge in [-0.2, -0.15) is 0 Å². The van der Waals surface area contributed by atoms with E-state index in [1.54, 1.807) is 0 Å². The van der Waals surface area contributed by atoms with Crippen molar-refractivity contribution in [3.05, 3.63) is 212 Å². The van der Waals surface area contributed by atoms with Crippen LogP contribution in [0.15, 0.2) is 212 Å². The molecule has 0 bridgehead atoms. The second-order valence-electron chi connectivity index (χ2n) is 15.2. The summed E-state index contributed by atoms with van der Waals surface area (Å²) in [6, 6.07) is 78.2. The van der Waals surface area contributed by atoms with Crippen LogP contribution in [0.5, 0.6) is 0 Å². The fraction of sp³-hybridized carbons (Fsp3) is 0. The number of fused-ring (bicyclic) bond motifs is 9. The lowest BCUT2D eigenvalue weighted by molar-refractivity contribution is 1.32. The maximum atomic E-state index is 2.54. The fourth-order valence-electron chi connectivity index (χ4n) is 9.05. The third kappa shape index (κ3) is 5.66. The number of rotatable bonds is 6. The molecule has 10 aromatic carbocycles. The van der Waals surface area contributed by atoms with Crippen molar-refractivity contribution < 1.29 is 0 Å². The van der Waals surface area contributed by atoms with E-state index in [2.05, 4.69) is 217 Å². The highest BCUT2D eigenvalue weighted by Crippen LogP contribution is 2.52. The fourth-order valence-corrected chi connectivity index (χ4v) is 11.5. The van der Waals surface area contributed by atoms with Crippen LogP contribution in [0, 0.1) is 0 Å². The van der Waals surface area contributed by atoms with Crippen LogP contribution >= 0.6 is 22.7 Å². The van der Waals surface area contributed by atoms with Gasteiger partial charge in [-0.3, -0.25) is 0 Å². The van der Waals surface area contributed by atoms with Gasteiger partial charge in [-0.25, -0.2) is 0 Å². The molecule has 276 valence electrons. The molecule has 0 N–H and O–H groups in total. The third-order valence-corrected chi connectivity index (χ3v) is 14.2. The molecule has 59 heavy (non-hydrogen) atoms. The predicted molar refractivity (Wildman–Crippen MR) is 258 cm³/mol. The van der Waals surface area contributed by atoms with Crippen LogP contribution in [-0.2, 0) is 0 Å². The second kappa shape index (κ2) is 13.8. The van der Waals surface area contributed by atoms with Crippen molar-refractivity contribution in [3.63, 3.8) is 0 Å². The zero-order valence-electron chi connectivity index (χ0n) is 32.0. The van der Waals surface area contributed by atoms with E-state index in [1.807, 2.05) is 22.7 Å². The van der Waals surface area contributed by atoms with E-state index in [4.69, 9.17) is 0 Å². The Morgan fingerprint density at radius 3 is 1.68 bits per heavy atom. The number of anilines is 3. The van der Waals surface area contributed by atoms with Gasteiger partial charge in [0.25, 0.3) is 0 Å². The Morgan fingerprint density at radius 1 is 0.305 bits per heavy atom. The molecule has 12 aromatic rings. The maximum absolute atomic E-state index is 2.54. The molecule has 0 amide bonds. The third-order valence-electron chi connectivity index (χ3n) is 11.8. The first-order chi connectivity index (χ1) is 29.2. The molecule has 0 fully saturated rings. The van der Waals surface area contributed by atoms with E-state index in [-0.39, 0.29) is 0 Å². The van der Waals surface area contributed by atoms with Crippen molar-refractivity contribution in [2.45, 2.75) is 0 Å². The summed E-state index contributed by atoms with van der Waals surface area (Å²) in [6.07, 6.45) is 0. The van der Waals surface area contributed by atoms with Crippen molar-refractivity contribution in [2.24, 2.45) is 0 Å². The lowest BCUT2D eigenvalue weighted by Gasteiger charge is -2.29. The molecule has 0 aliphatic carbocycles. The van der Waals surface area contributed by atoms with Crippen LogP contribution < -0.4 is 4.90 Å². The molecular formula is C56H35NS2. The zero-order valence-corrected chi connectivity index (χ0v) is 33.6. The topological polar surface area (TPSA) is 3.24 Å². The molecule has 1 nitrogen and oxygen atoms in total. The standard InChI is InChI=1S/C56H35NS2/c1-3-13-36(14-4-1)42-34-50(54-47-19-9-11-21-51(47)58-53(54)35-42)57(49-32-31-46(38-15-5-2-6-16-38)56-55(49)48-20-10-12-22-52(48)59-56)43-28-25-37(26-29-43)40-27-30-45-41(33-40)24-23-39-17-7-8-18-44(39)45/h1-35H. The Morgan fingerprint density at radius 2 is 0.898 bits per heavy atom. The molecule has 0 aliphatic rings. The summed E-state index contributed by atoms with van der Waals surface area (Å²) in [6.45, 7) is 0. The molecule has 0 unspecified atom stereocenters. The monoisotopic (exact) mass is 785 g/mol. The summed E-state index contributed by atoms with van der Waals surface area (Å²) in [5, 5.41) is 10.2. The van der Waals surface area contributed by atoms with Gasteiger partial charge in [0, 0.05) is 46.0 Å². The number of benzene rings is 10. The van der Waals surface area contributed by atoms with Crippen LogP contribution in [-0.4, -0.2) is 0 Å². The molecule has 0 atom stereocenters. The molecule has 2 aromatic heterocycles. The smallest absolute Gasteiger partial charge is 0.0561 e. The lowest BCUT2D eigenvalue weighted by atomic mass is 9.96. The highest BCUT2D eigenvalue weighted by molar-refractivity contribution is 7.26. The van der Waals surface area contributed by atoms with Gasteiger partial charge < -0.3 is 4.90 Å². The number of hydrogen-bond acceptors (Lipinski definition) is 3. The first-order valence-corrected chi connectivity index (χ1v) is 21.7. The van der Waals surface area contributed by atoms with Gasteiger partial charge in [0.05, 0.1) is 11.4 Å². The summed E-state index contributed by atoms with van der Waals surface area (Å²) in [5.74, 6) is 0. The normalized spacial score (nSPS) is 11.7. The average Bonchev–Trinajstić information content (AvgIpc) is 3.89. The molecule has 0 saturated carbocycles. The van der Waals surface area contributed by atoms with E-state index in [0.717, 1.165) is 5.69 Å². The summed E-state index contributed by atoms with van der Waals surface area (Å²) < 4.78 is 5.15. The Balaban J connectivity index is 1.12. The minimum Gasteiger partial charge on any atom is -0.309 e. The summed E-state index contributed by atoms with van der Waals surface area (Å²) in [4.78, 5) is 2.54. The van der Waals surface area contributed by atoms with Gasteiger partial charge in [0.15, 0.2) is 0 Å². The summed E-state index contributed by atoms with van der Waals surface area (Å²) >= 11 is 3.77. The number of thiophene rings is 2. The van der Waals surface area contributed by atoms with Gasteiger partial charge in [-0.1, -0.05) is 164 Å². The summed E-state index contributed by atoms with van der Waals surface area (Å²) in [5.41, 5.74) is 10.8. The highest BCUT2D eigenvalue weighted by Gasteiger charge is 2.25. The Bertz CT molecular complexity index is 3540. The van der Waals surface area contributed by atoms with E-state index in [1.165, 1.54) is 107 Å².